The van der Waals surface area contributed by atoms with Gasteiger partial charge in [-0.15, -0.1) is 0 Å². The number of benzene rings is 2. The average Bonchev–Trinajstić information content (AvgIpc) is 3.02. The number of anilines is 1. The van der Waals surface area contributed by atoms with Crippen molar-refractivity contribution in [2.24, 2.45) is 5.92 Å². The number of nitrogens with one attached hydrogen (secondary N) is 1. The van der Waals surface area contributed by atoms with Crippen LogP contribution in [0.4, 0.5) is 5.69 Å². The molecule has 1 N–H and O–H groups in total. The lowest BCUT2D eigenvalue weighted by atomic mass is 9.77. The molecule has 0 saturated heterocycles. The summed E-state index contributed by atoms with van der Waals surface area (Å²) in [5.41, 5.74) is 4.49. The average molecular weight is 365 g/mol. The maximum Gasteiger partial charge on any atom is 0.0656 e. The van der Waals surface area contributed by atoms with Gasteiger partial charge in [0.2, 0.25) is 0 Å². The summed E-state index contributed by atoms with van der Waals surface area (Å²) in [6.45, 7) is 2.10. The highest BCUT2D eigenvalue weighted by atomic mass is 35.5. The fourth-order valence-corrected chi connectivity index (χ4v) is 4.57. The topological polar surface area (TPSA) is 12.0 Å². The van der Waals surface area contributed by atoms with Gasteiger partial charge in [-0.05, 0) is 30.9 Å². The van der Waals surface area contributed by atoms with E-state index in [1.165, 1.54) is 11.1 Å². The van der Waals surface area contributed by atoms with Gasteiger partial charge < -0.3 is 5.32 Å². The first-order chi connectivity index (χ1) is 11.1. The standard InChI is InChI=1S/C19H16Cl3N/c1-10-5-7-11(8-6-10)18-13-4-2-3-12(13)16-17(22)14(20)9-15(21)19(16)23-18/h2-3,5-9,12-13,18,23H,4H2,1H3. The van der Waals surface area contributed by atoms with Gasteiger partial charge in [0.15, 0.2) is 0 Å². The Morgan fingerprint density at radius 3 is 2.52 bits per heavy atom. The number of allylic oxidation sites excluding steroid dienone is 2. The van der Waals surface area contributed by atoms with Crippen LogP contribution < -0.4 is 5.32 Å². The number of aryl methyl sites for hydroxylation is 1. The lowest BCUT2D eigenvalue weighted by molar-refractivity contribution is 0.425. The van der Waals surface area contributed by atoms with E-state index < -0.39 is 0 Å². The molecule has 23 heavy (non-hydrogen) atoms. The largest absolute Gasteiger partial charge is 0.376 e. The predicted molar refractivity (Wildman–Crippen MR) is 99.0 cm³/mol. The molecule has 2 aromatic carbocycles. The third-order valence-electron chi connectivity index (χ3n) is 4.92. The summed E-state index contributed by atoms with van der Waals surface area (Å²) in [6.07, 6.45) is 5.50. The monoisotopic (exact) mass is 363 g/mol. The Morgan fingerprint density at radius 1 is 1.04 bits per heavy atom. The van der Waals surface area contributed by atoms with Crippen LogP contribution >= 0.6 is 34.8 Å². The molecular weight excluding hydrogens is 349 g/mol. The van der Waals surface area contributed by atoms with E-state index in [1.807, 2.05) is 0 Å². The van der Waals surface area contributed by atoms with Crippen LogP contribution in [0.25, 0.3) is 0 Å². The minimum Gasteiger partial charge on any atom is -0.376 e. The van der Waals surface area contributed by atoms with Crippen molar-refractivity contribution in [2.45, 2.75) is 25.3 Å². The van der Waals surface area contributed by atoms with Crippen molar-refractivity contribution in [3.05, 3.63) is 74.2 Å². The Labute approximate surface area is 151 Å². The molecule has 118 valence electrons. The molecule has 0 spiro atoms. The van der Waals surface area contributed by atoms with E-state index >= 15 is 0 Å². The van der Waals surface area contributed by atoms with E-state index in [0.717, 1.165) is 17.7 Å². The molecule has 0 aromatic heterocycles. The second kappa shape index (κ2) is 5.73. The Hall–Kier alpha value is -1.15. The Kier molecular flexibility index (Phi) is 3.84. The van der Waals surface area contributed by atoms with Crippen LogP contribution in [0.1, 0.15) is 35.1 Å². The summed E-state index contributed by atoms with van der Waals surface area (Å²) in [5.74, 6) is 0.679. The fraction of sp³-hybridized carbons (Fsp3) is 0.263. The van der Waals surface area contributed by atoms with Crippen molar-refractivity contribution < 1.29 is 0 Å². The highest BCUT2D eigenvalue weighted by molar-refractivity contribution is 6.44. The van der Waals surface area contributed by atoms with Crippen LogP contribution in [-0.4, -0.2) is 0 Å². The van der Waals surface area contributed by atoms with Crippen LogP contribution in [0.15, 0.2) is 42.5 Å². The van der Waals surface area contributed by atoms with E-state index in [0.29, 0.717) is 21.0 Å². The molecule has 1 aliphatic carbocycles. The zero-order valence-electron chi connectivity index (χ0n) is 12.6. The van der Waals surface area contributed by atoms with Gasteiger partial charge in [0.25, 0.3) is 0 Å². The molecule has 0 bridgehead atoms. The number of fused-ring (bicyclic) bond motifs is 3. The normalized spacial score (nSPS) is 25.0. The lowest BCUT2D eigenvalue weighted by Crippen LogP contribution is -2.29. The third-order valence-corrected chi connectivity index (χ3v) is 6.02. The van der Waals surface area contributed by atoms with Crippen molar-refractivity contribution in [1.82, 2.24) is 0 Å². The van der Waals surface area contributed by atoms with E-state index in [9.17, 15) is 0 Å². The molecule has 4 rings (SSSR count). The molecule has 1 nitrogen and oxygen atoms in total. The maximum absolute atomic E-state index is 6.50. The smallest absolute Gasteiger partial charge is 0.0656 e. The number of hydrogen-bond donors (Lipinski definition) is 1. The van der Waals surface area contributed by atoms with Crippen LogP contribution in [0.2, 0.25) is 15.1 Å². The summed E-state index contributed by atoms with van der Waals surface area (Å²) in [4.78, 5) is 0. The fourth-order valence-electron chi connectivity index (χ4n) is 3.77. The highest BCUT2D eigenvalue weighted by Crippen LogP contribution is 2.54. The first kappa shape index (κ1) is 15.4. The van der Waals surface area contributed by atoms with Gasteiger partial charge >= 0.3 is 0 Å². The first-order valence-corrected chi connectivity index (χ1v) is 8.87. The van der Waals surface area contributed by atoms with Gasteiger partial charge in [0, 0.05) is 11.5 Å². The Balaban J connectivity index is 1.86. The minimum atomic E-state index is 0.220. The van der Waals surface area contributed by atoms with E-state index in [2.05, 4.69) is 48.7 Å². The van der Waals surface area contributed by atoms with Crippen LogP contribution in [0.5, 0.6) is 0 Å². The second-order valence-corrected chi connectivity index (χ2v) is 7.52. The Morgan fingerprint density at radius 2 is 1.78 bits per heavy atom. The van der Waals surface area contributed by atoms with Gasteiger partial charge in [-0.3, -0.25) is 0 Å². The molecular formula is C19H16Cl3N. The van der Waals surface area contributed by atoms with Crippen molar-refractivity contribution in [2.75, 3.05) is 5.32 Å². The van der Waals surface area contributed by atoms with Crippen LogP contribution in [0.3, 0.4) is 0 Å². The molecule has 3 atom stereocenters. The molecule has 0 radical (unpaired) electrons. The van der Waals surface area contributed by atoms with Crippen LogP contribution in [-0.2, 0) is 0 Å². The van der Waals surface area contributed by atoms with Crippen molar-refractivity contribution in [1.29, 1.82) is 0 Å². The Bertz CT molecular complexity index is 795. The summed E-state index contributed by atoms with van der Waals surface area (Å²) in [7, 11) is 0. The predicted octanol–water partition coefficient (Wildman–Crippen LogP) is 6.78. The molecule has 4 heteroatoms. The summed E-state index contributed by atoms with van der Waals surface area (Å²) >= 11 is 19.2. The minimum absolute atomic E-state index is 0.220. The van der Waals surface area contributed by atoms with E-state index in [1.54, 1.807) is 6.07 Å². The first-order valence-electron chi connectivity index (χ1n) is 7.73. The molecule has 3 unspecified atom stereocenters. The third kappa shape index (κ3) is 2.46. The molecule has 0 amide bonds. The second-order valence-electron chi connectivity index (χ2n) is 6.33. The quantitative estimate of drug-likeness (QED) is 0.434. The molecule has 1 aliphatic heterocycles. The summed E-state index contributed by atoms with van der Waals surface area (Å²) in [6, 6.07) is 10.6. The van der Waals surface area contributed by atoms with Gasteiger partial charge in [-0.1, -0.05) is 76.8 Å². The number of rotatable bonds is 1. The van der Waals surface area contributed by atoms with Crippen molar-refractivity contribution in [3.63, 3.8) is 0 Å². The molecule has 2 aromatic rings. The molecule has 0 saturated carbocycles. The zero-order chi connectivity index (χ0) is 16.1. The zero-order valence-corrected chi connectivity index (χ0v) is 14.9. The van der Waals surface area contributed by atoms with Gasteiger partial charge in [0.1, 0.15) is 0 Å². The van der Waals surface area contributed by atoms with Gasteiger partial charge in [-0.25, -0.2) is 0 Å². The maximum atomic E-state index is 6.50. The summed E-state index contributed by atoms with van der Waals surface area (Å²) in [5, 5.41) is 5.39. The molecule has 0 fully saturated rings. The van der Waals surface area contributed by atoms with Crippen molar-refractivity contribution >= 4 is 40.5 Å². The van der Waals surface area contributed by atoms with Crippen molar-refractivity contribution in [3.8, 4) is 0 Å². The van der Waals surface area contributed by atoms with Crippen LogP contribution in [0, 0.1) is 12.8 Å². The molecule has 1 heterocycles. The van der Waals surface area contributed by atoms with E-state index in [-0.39, 0.29) is 12.0 Å². The number of hydrogen-bond acceptors (Lipinski definition) is 1. The number of halogens is 3. The highest BCUT2D eigenvalue weighted by Gasteiger charge is 2.40. The lowest BCUT2D eigenvalue weighted by Gasteiger charge is -2.38. The van der Waals surface area contributed by atoms with E-state index in [4.69, 9.17) is 34.8 Å². The summed E-state index contributed by atoms with van der Waals surface area (Å²) < 4.78 is 0. The SMILES string of the molecule is Cc1ccc(C2Nc3c(Cl)cc(Cl)c(Cl)c3C3C=CCC32)cc1. The molecule has 2 aliphatic rings. The van der Waals surface area contributed by atoms with Gasteiger partial charge in [-0.2, -0.15) is 0 Å². The van der Waals surface area contributed by atoms with Gasteiger partial charge in [0.05, 0.1) is 26.8 Å².